The number of piperidine rings is 2. The summed E-state index contributed by atoms with van der Waals surface area (Å²) >= 11 is 0. The Balaban J connectivity index is 1.70. The second kappa shape index (κ2) is 5.16. The number of carbonyl (C=O) groups excluding carboxylic acids is 1. The minimum absolute atomic E-state index is 0.0309. The van der Waals surface area contributed by atoms with Gasteiger partial charge < -0.3 is 9.64 Å². The fourth-order valence-corrected chi connectivity index (χ4v) is 3.10. The van der Waals surface area contributed by atoms with Crippen LogP contribution in [0.1, 0.15) is 25.0 Å². The number of alkyl halides is 3. The smallest absolute Gasteiger partial charge is 0.434 e. The van der Waals surface area contributed by atoms with Crippen LogP contribution in [0.2, 0.25) is 0 Å². The highest BCUT2D eigenvalue weighted by molar-refractivity contribution is 5.48. The summed E-state index contributed by atoms with van der Waals surface area (Å²) in [5.74, 6) is 0.444. The van der Waals surface area contributed by atoms with Crippen molar-refractivity contribution in [3.8, 4) is 5.88 Å². The molecule has 4 rings (SSSR count). The Morgan fingerprint density at radius 1 is 1.29 bits per heavy atom. The first-order chi connectivity index (χ1) is 9.97. The second-order valence-electron chi connectivity index (χ2n) is 5.44. The highest BCUT2D eigenvalue weighted by Gasteiger charge is 2.42. The van der Waals surface area contributed by atoms with Crippen molar-refractivity contribution < 1.29 is 22.7 Å². The van der Waals surface area contributed by atoms with Crippen LogP contribution in [0.3, 0.4) is 0 Å². The summed E-state index contributed by atoms with van der Waals surface area (Å²) in [5, 5.41) is 0. The van der Waals surface area contributed by atoms with Gasteiger partial charge in [0.05, 0.1) is 18.4 Å². The summed E-state index contributed by atoms with van der Waals surface area (Å²) < 4.78 is 42.9. The molecule has 1 amide bonds. The standard InChI is InChI=1S/C13H14F3N3O2/c14-13(15,16)11-4-18-12(5-17-11)21-10-3-8-1-2-9(10)19(6-8)7-20/h4-5,7-10H,1-3,6H2/t8-,9+,10-/m1/s1. The van der Waals surface area contributed by atoms with E-state index in [0.29, 0.717) is 12.1 Å². The third kappa shape index (κ3) is 2.79. The predicted octanol–water partition coefficient (Wildman–Crippen LogP) is 1.88. The van der Waals surface area contributed by atoms with Crippen LogP contribution in [0.15, 0.2) is 12.4 Å². The summed E-state index contributed by atoms with van der Waals surface area (Å²) in [6.45, 7) is 0.729. The van der Waals surface area contributed by atoms with Crippen LogP contribution in [-0.4, -0.2) is 40.0 Å². The van der Waals surface area contributed by atoms with E-state index in [1.54, 1.807) is 4.90 Å². The van der Waals surface area contributed by atoms with Crippen molar-refractivity contribution in [1.29, 1.82) is 0 Å². The van der Waals surface area contributed by atoms with Gasteiger partial charge in [0.25, 0.3) is 0 Å². The minimum atomic E-state index is -4.51. The lowest BCUT2D eigenvalue weighted by molar-refractivity contribution is -0.141. The van der Waals surface area contributed by atoms with Crippen molar-refractivity contribution in [2.75, 3.05) is 6.54 Å². The largest absolute Gasteiger partial charge is 0.471 e. The van der Waals surface area contributed by atoms with Crippen LogP contribution in [0.25, 0.3) is 0 Å². The number of carbonyl (C=O) groups is 1. The number of rotatable bonds is 3. The molecule has 1 aromatic rings. The molecule has 2 saturated heterocycles. The Labute approximate surface area is 119 Å². The maximum Gasteiger partial charge on any atom is 0.434 e. The maximum atomic E-state index is 12.4. The topological polar surface area (TPSA) is 55.3 Å². The van der Waals surface area contributed by atoms with Gasteiger partial charge in [0.2, 0.25) is 12.3 Å². The first kappa shape index (κ1) is 14.1. The van der Waals surface area contributed by atoms with Crippen molar-refractivity contribution in [3.63, 3.8) is 0 Å². The van der Waals surface area contributed by atoms with Gasteiger partial charge in [-0.1, -0.05) is 0 Å². The van der Waals surface area contributed by atoms with Crippen molar-refractivity contribution in [3.05, 3.63) is 18.1 Å². The van der Waals surface area contributed by atoms with E-state index < -0.39 is 11.9 Å². The molecule has 1 aromatic heterocycles. The van der Waals surface area contributed by atoms with E-state index in [1.807, 2.05) is 0 Å². The number of ether oxygens (including phenoxy) is 1. The molecule has 21 heavy (non-hydrogen) atoms. The number of halogens is 3. The lowest BCUT2D eigenvalue weighted by Gasteiger charge is -2.47. The van der Waals surface area contributed by atoms with E-state index in [2.05, 4.69) is 9.97 Å². The minimum Gasteiger partial charge on any atom is -0.471 e. The molecule has 3 atom stereocenters. The van der Waals surface area contributed by atoms with Crippen molar-refractivity contribution in [1.82, 2.24) is 14.9 Å². The highest BCUT2D eigenvalue weighted by Crippen LogP contribution is 2.36. The summed E-state index contributed by atoms with van der Waals surface area (Å²) in [7, 11) is 0. The number of nitrogens with zero attached hydrogens (tertiary/aromatic N) is 3. The van der Waals surface area contributed by atoms with Gasteiger partial charge in [0.15, 0.2) is 5.69 Å². The molecule has 8 heteroatoms. The number of amides is 1. The Bertz CT molecular complexity index is 520. The Morgan fingerprint density at radius 2 is 2.10 bits per heavy atom. The third-order valence-corrected chi connectivity index (χ3v) is 4.09. The Kier molecular flexibility index (Phi) is 3.46. The monoisotopic (exact) mass is 301 g/mol. The number of fused-ring (bicyclic) bond motifs is 3. The summed E-state index contributed by atoms with van der Waals surface area (Å²) in [5.41, 5.74) is -1.05. The zero-order chi connectivity index (χ0) is 15.0. The molecule has 3 aliphatic rings. The molecule has 2 aliphatic heterocycles. The average Bonchev–Trinajstić information content (AvgIpc) is 2.47. The van der Waals surface area contributed by atoms with E-state index in [1.165, 1.54) is 0 Å². The zero-order valence-corrected chi connectivity index (χ0v) is 11.1. The molecule has 0 unspecified atom stereocenters. The maximum absolute atomic E-state index is 12.4. The summed E-state index contributed by atoms with van der Waals surface area (Å²) in [4.78, 5) is 19.7. The van der Waals surface area contributed by atoms with Gasteiger partial charge in [-0.3, -0.25) is 4.79 Å². The van der Waals surface area contributed by atoms with E-state index in [0.717, 1.165) is 38.4 Å². The zero-order valence-electron chi connectivity index (χ0n) is 11.1. The number of hydrogen-bond acceptors (Lipinski definition) is 4. The first-order valence-electron chi connectivity index (χ1n) is 6.74. The van der Waals surface area contributed by atoms with Gasteiger partial charge in [-0.2, -0.15) is 13.2 Å². The normalized spacial score (nSPS) is 28.5. The fourth-order valence-electron chi connectivity index (χ4n) is 3.10. The molecule has 0 spiro atoms. The van der Waals surface area contributed by atoms with Gasteiger partial charge in [0, 0.05) is 6.54 Å². The molecule has 0 radical (unpaired) electrons. The summed E-state index contributed by atoms with van der Waals surface area (Å²) in [6, 6.07) is -0.0309. The van der Waals surface area contributed by atoms with Crippen LogP contribution in [0.4, 0.5) is 13.2 Å². The number of aromatic nitrogens is 2. The molecule has 0 aromatic carbocycles. The Morgan fingerprint density at radius 3 is 2.67 bits per heavy atom. The fraction of sp³-hybridized carbons (Fsp3) is 0.615. The third-order valence-electron chi connectivity index (χ3n) is 4.09. The van der Waals surface area contributed by atoms with Crippen molar-refractivity contribution in [2.45, 2.75) is 37.6 Å². The first-order valence-corrected chi connectivity index (χ1v) is 6.74. The van der Waals surface area contributed by atoms with Crippen LogP contribution < -0.4 is 4.74 Å². The van der Waals surface area contributed by atoms with Gasteiger partial charge in [-0.25, -0.2) is 9.97 Å². The van der Waals surface area contributed by atoms with Gasteiger partial charge in [-0.05, 0) is 25.2 Å². The molecule has 3 heterocycles. The lowest BCUT2D eigenvalue weighted by atomic mass is 9.78. The van der Waals surface area contributed by atoms with E-state index in [9.17, 15) is 18.0 Å². The molecule has 5 nitrogen and oxygen atoms in total. The van der Waals surface area contributed by atoms with Crippen LogP contribution in [-0.2, 0) is 11.0 Å². The predicted molar refractivity (Wildman–Crippen MR) is 65.3 cm³/mol. The molecular weight excluding hydrogens is 287 g/mol. The Hall–Kier alpha value is -1.86. The van der Waals surface area contributed by atoms with Gasteiger partial charge in [-0.15, -0.1) is 0 Å². The molecule has 1 aliphatic carbocycles. The van der Waals surface area contributed by atoms with Gasteiger partial charge >= 0.3 is 6.18 Å². The van der Waals surface area contributed by atoms with Gasteiger partial charge in [0.1, 0.15) is 6.10 Å². The van der Waals surface area contributed by atoms with Crippen molar-refractivity contribution >= 4 is 6.41 Å². The average molecular weight is 301 g/mol. The van der Waals surface area contributed by atoms with E-state index in [4.69, 9.17) is 4.74 Å². The van der Waals surface area contributed by atoms with Crippen LogP contribution >= 0.6 is 0 Å². The highest BCUT2D eigenvalue weighted by atomic mass is 19.4. The number of hydrogen-bond donors (Lipinski definition) is 0. The second-order valence-corrected chi connectivity index (χ2v) is 5.44. The SMILES string of the molecule is O=CN1C[C@@H]2CC[C@H]1[C@H](Oc1cnc(C(F)(F)F)cn1)C2. The van der Waals surface area contributed by atoms with Crippen molar-refractivity contribution in [2.24, 2.45) is 5.92 Å². The molecule has 1 saturated carbocycles. The quantitative estimate of drug-likeness (QED) is 0.800. The lowest BCUT2D eigenvalue weighted by Crippen LogP contribution is -2.56. The summed E-state index contributed by atoms with van der Waals surface area (Å²) in [6.07, 6.45) is 0.403. The van der Waals surface area contributed by atoms with E-state index in [-0.39, 0.29) is 18.0 Å². The van der Waals surface area contributed by atoms with Crippen LogP contribution in [0, 0.1) is 5.92 Å². The molecule has 114 valence electrons. The molecule has 0 N–H and O–H groups in total. The molecule has 2 bridgehead atoms. The van der Waals surface area contributed by atoms with Crippen LogP contribution in [0.5, 0.6) is 5.88 Å². The van der Waals surface area contributed by atoms with E-state index >= 15 is 0 Å². The molecule has 3 fully saturated rings. The molecular formula is C13H14F3N3O2.